The molecule has 0 radical (unpaired) electrons. The molecule has 1 heterocycles. The van der Waals surface area contributed by atoms with E-state index < -0.39 is 10.4 Å². The topological polar surface area (TPSA) is 114 Å². The van der Waals surface area contributed by atoms with Crippen LogP contribution < -0.4 is 0 Å². The molecule has 0 amide bonds. The fraction of sp³-hybridized carbons (Fsp3) is 0.500. The van der Waals surface area contributed by atoms with Crippen LogP contribution in [-0.2, 0) is 14.6 Å². The van der Waals surface area contributed by atoms with E-state index in [4.69, 9.17) is 15.1 Å². The first-order chi connectivity index (χ1) is 9.28. The fourth-order valence-corrected chi connectivity index (χ4v) is 2.44. The second-order valence-electron chi connectivity index (χ2n) is 4.41. The lowest BCUT2D eigenvalue weighted by Gasteiger charge is -2.35. The van der Waals surface area contributed by atoms with Crippen molar-refractivity contribution in [1.82, 2.24) is 4.90 Å². The summed E-state index contributed by atoms with van der Waals surface area (Å²) in [5.74, 6) is 0. The van der Waals surface area contributed by atoms with Crippen LogP contribution in [0.25, 0.3) is 0 Å². The molecule has 0 aromatic rings. The molecule has 0 aliphatic carbocycles. The third-order valence-electron chi connectivity index (χ3n) is 2.99. The summed E-state index contributed by atoms with van der Waals surface area (Å²) >= 11 is 0. The average Bonchev–Trinajstić information content (AvgIpc) is 2.33. The normalized spacial score (nSPS) is 19.1. The zero-order valence-electron chi connectivity index (χ0n) is 11.2. The van der Waals surface area contributed by atoms with Crippen LogP contribution in [0.15, 0.2) is 22.9 Å². The van der Waals surface area contributed by atoms with Gasteiger partial charge in [-0.2, -0.15) is 18.9 Å². The highest BCUT2D eigenvalue weighted by Gasteiger charge is 2.22. The van der Waals surface area contributed by atoms with Gasteiger partial charge in [-0.3, -0.25) is 4.55 Å². The molecule has 0 aromatic heterocycles. The van der Waals surface area contributed by atoms with Crippen LogP contribution in [0, 0.1) is 22.7 Å². The van der Waals surface area contributed by atoms with Crippen molar-refractivity contribution in [3.63, 3.8) is 0 Å². The van der Waals surface area contributed by atoms with Gasteiger partial charge in [0.15, 0.2) is 0 Å². The summed E-state index contributed by atoms with van der Waals surface area (Å²) < 4.78 is 33.7. The van der Waals surface area contributed by atoms with Crippen LogP contribution in [0.3, 0.4) is 0 Å². The minimum Gasteiger partial charge on any atom is -0.370 e. The molecule has 1 unspecified atom stereocenters. The fourth-order valence-electron chi connectivity index (χ4n) is 2.15. The van der Waals surface area contributed by atoms with Gasteiger partial charge in [-0.1, -0.05) is 0 Å². The molecule has 1 atom stereocenters. The largest absolute Gasteiger partial charge is 0.397 e. The van der Waals surface area contributed by atoms with Crippen molar-refractivity contribution in [2.45, 2.75) is 26.3 Å². The molecular formula is C12H15N3O4S. The van der Waals surface area contributed by atoms with E-state index in [9.17, 15) is 8.42 Å². The first-order valence-electron chi connectivity index (χ1n) is 5.88. The molecular weight excluding hydrogens is 282 g/mol. The zero-order valence-corrected chi connectivity index (χ0v) is 12.0. The van der Waals surface area contributed by atoms with E-state index in [1.54, 1.807) is 13.0 Å². The Hall–Kier alpha value is -1.87. The Bertz CT molecular complexity index is 606. The van der Waals surface area contributed by atoms with Gasteiger partial charge in [-0.15, -0.1) is 0 Å². The molecule has 1 N–H and O–H groups in total. The maximum absolute atomic E-state index is 10.5. The number of rotatable bonds is 4. The predicted octanol–water partition coefficient (Wildman–Crippen LogP) is 1.15. The first-order valence-corrected chi connectivity index (χ1v) is 7.25. The standard InChI is InChI=1S/C12H15N3O4S/c1-9-5-11(12(7-13)8-14)6-10(2)15(9)3-4-19-20(16,17)18/h5,10H,3-4,6H2,1-2H3,(H,16,17,18). The third kappa shape index (κ3) is 4.35. The zero-order chi connectivity index (χ0) is 15.3. The molecule has 1 rings (SSSR count). The predicted molar refractivity (Wildman–Crippen MR) is 70.3 cm³/mol. The minimum absolute atomic E-state index is 0.00306. The highest BCUT2D eigenvalue weighted by atomic mass is 32.3. The van der Waals surface area contributed by atoms with Gasteiger partial charge in [-0.05, 0) is 31.9 Å². The van der Waals surface area contributed by atoms with E-state index >= 15 is 0 Å². The number of nitriles is 2. The van der Waals surface area contributed by atoms with Gasteiger partial charge < -0.3 is 4.90 Å². The summed E-state index contributed by atoms with van der Waals surface area (Å²) in [4.78, 5) is 1.89. The van der Waals surface area contributed by atoms with Crippen LogP contribution in [0.1, 0.15) is 20.3 Å². The second kappa shape index (κ2) is 6.53. The SMILES string of the molecule is CC1=CC(=C(C#N)C#N)CC(C)N1CCOS(=O)(=O)O. The van der Waals surface area contributed by atoms with Gasteiger partial charge in [0.1, 0.15) is 17.7 Å². The van der Waals surface area contributed by atoms with Gasteiger partial charge in [0.25, 0.3) is 0 Å². The summed E-state index contributed by atoms with van der Waals surface area (Å²) in [6, 6.07) is 3.71. The Morgan fingerprint density at radius 3 is 2.60 bits per heavy atom. The molecule has 0 aromatic carbocycles. The lowest BCUT2D eigenvalue weighted by molar-refractivity contribution is 0.190. The highest BCUT2D eigenvalue weighted by Crippen LogP contribution is 2.26. The Morgan fingerprint density at radius 2 is 2.15 bits per heavy atom. The molecule has 0 saturated heterocycles. The number of allylic oxidation sites excluding steroid dienone is 3. The van der Waals surface area contributed by atoms with Gasteiger partial charge in [0.2, 0.25) is 0 Å². The van der Waals surface area contributed by atoms with Gasteiger partial charge in [-0.25, -0.2) is 4.18 Å². The molecule has 108 valence electrons. The van der Waals surface area contributed by atoms with Crippen molar-refractivity contribution < 1.29 is 17.2 Å². The van der Waals surface area contributed by atoms with Crippen LogP contribution in [-0.4, -0.2) is 37.1 Å². The quantitative estimate of drug-likeness (QED) is 0.611. The molecule has 20 heavy (non-hydrogen) atoms. The Kier molecular flexibility index (Phi) is 5.28. The van der Waals surface area contributed by atoms with E-state index in [0.29, 0.717) is 12.0 Å². The monoisotopic (exact) mass is 297 g/mol. The van der Waals surface area contributed by atoms with Crippen molar-refractivity contribution >= 4 is 10.4 Å². The summed E-state index contributed by atoms with van der Waals surface area (Å²) in [7, 11) is -4.43. The lowest BCUT2D eigenvalue weighted by atomic mass is 9.96. The second-order valence-corrected chi connectivity index (χ2v) is 5.50. The van der Waals surface area contributed by atoms with Gasteiger partial charge in [0, 0.05) is 18.3 Å². The number of hydrogen-bond acceptors (Lipinski definition) is 6. The van der Waals surface area contributed by atoms with E-state index in [1.807, 2.05) is 24.0 Å². The average molecular weight is 297 g/mol. The van der Waals surface area contributed by atoms with Crippen molar-refractivity contribution in [1.29, 1.82) is 10.5 Å². The first kappa shape index (κ1) is 16.2. The van der Waals surface area contributed by atoms with Crippen LogP contribution in [0.2, 0.25) is 0 Å². The van der Waals surface area contributed by atoms with Gasteiger partial charge >= 0.3 is 10.4 Å². The molecule has 0 bridgehead atoms. The minimum atomic E-state index is -4.43. The maximum atomic E-state index is 10.5. The number of hydrogen-bond donors (Lipinski definition) is 1. The summed E-state index contributed by atoms with van der Waals surface area (Å²) in [5, 5.41) is 17.7. The summed E-state index contributed by atoms with van der Waals surface area (Å²) in [5.41, 5.74) is 1.57. The van der Waals surface area contributed by atoms with Crippen LogP contribution >= 0.6 is 0 Å². The lowest BCUT2D eigenvalue weighted by Crippen LogP contribution is -2.37. The molecule has 1 aliphatic rings. The molecule has 0 spiro atoms. The van der Waals surface area contributed by atoms with Crippen molar-refractivity contribution in [3.8, 4) is 12.1 Å². The molecule has 8 heteroatoms. The number of nitrogens with zero attached hydrogens (tertiary/aromatic N) is 3. The Balaban J connectivity index is 2.84. The summed E-state index contributed by atoms with van der Waals surface area (Å²) in [6.45, 7) is 3.81. The molecule has 1 aliphatic heterocycles. The maximum Gasteiger partial charge on any atom is 0.397 e. The Labute approximate surface area is 118 Å². The smallest absolute Gasteiger partial charge is 0.370 e. The van der Waals surface area contributed by atoms with Crippen molar-refractivity contribution in [3.05, 3.63) is 22.9 Å². The molecule has 0 saturated carbocycles. The van der Waals surface area contributed by atoms with Crippen molar-refractivity contribution in [2.24, 2.45) is 0 Å². The van der Waals surface area contributed by atoms with Crippen LogP contribution in [0.5, 0.6) is 0 Å². The van der Waals surface area contributed by atoms with E-state index in [-0.39, 0.29) is 24.8 Å². The highest BCUT2D eigenvalue weighted by molar-refractivity contribution is 7.80. The van der Waals surface area contributed by atoms with Crippen LogP contribution in [0.4, 0.5) is 0 Å². The molecule has 7 nitrogen and oxygen atoms in total. The molecule has 0 fully saturated rings. The van der Waals surface area contributed by atoms with Gasteiger partial charge in [0.05, 0.1) is 6.61 Å². The van der Waals surface area contributed by atoms with E-state index in [2.05, 4.69) is 4.18 Å². The third-order valence-corrected chi connectivity index (χ3v) is 3.46. The van der Waals surface area contributed by atoms with Crippen molar-refractivity contribution in [2.75, 3.05) is 13.2 Å². The Morgan fingerprint density at radius 1 is 1.55 bits per heavy atom. The van der Waals surface area contributed by atoms with E-state index in [0.717, 1.165) is 5.70 Å². The van der Waals surface area contributed by atoms with E-state index in [1.165, 1.54) is 0 Å². The summed E-state index contributed by atoms with van der Waals surface area (Å²) in [6.07, 6.45) is 2.24.